The monoisotopic (exact) mass is 1170 g/mol. The van der Waals surface area contributed by atoms with Gasteiger partial charge in [-0.2, -0.15) is 4.98 Å². The van der Waals surface area contributed by atoms with Crippen LogP contribution in [0, 0.1) is 21.4 Å². The highest BCUT2D eigenvalue weighted by Gasteiger charge is 2.51. The Balaban J connectivity index is 0.796. The van der Waals surface area contributed by atoms with Crippen LogP contribution in [0.2, 0.25) is 0 Å². The molecule has 6 aliphatic rings. The average molecular weight is 1170 g/mol. The number of H-pyrrole nitrogens is 1. The molecule has 2 aliphatic carbocycles. The van der Waals surface area contributed by atoms with Crippen LogP contribution in [0.15, 0.2) is 96.2 Å². The van der Waals surface area contributed by atoms with Crippen LogP contribution in [-0.2, 0) is 21.3 Å². The first-order valence-electron chi connectivity index (χ1n) is 29.5. The van der Waals surface area contributed by atoms with Gasteiger partial charge < -0.3 is 48.9 Å². The highest BCUT2D eigenvalue weighted by atomic mass is 32.2. The molecule has 3 atom stereocenters. The minimum atomic E-state index is -4.65. The smallest absolute Gasteiger partial charge is 0.293 e. The molecule has 4 aliphatic heterocycles. The number of aromatic amines is 1. The summed E-state index contributed by atoms with van der Waals surface area (Å²) in [5.74, 6) is 1.63. The van der Waals surface area contributed by atoms with Crippen LogP contribution < -0.4 is 38.8 Å². The number of aliphatic hydroxyl groups is 1. The summed E-state index contributed by atoms with van der Waals surface area (Å²) in [7, 11) is -1.43. The molecule has 2 saturated carbocycles. The lowest BCUT2D eigenvalue weighted by molar-refractivity contribution is -0.384. The van der Waals surface area contributed by atoms with E-state index in [9.17, 15) is 28.4 Å². The van der Waals surface area contributed by atoms with Crippen molar-refractivity contribution in [3.8, 4) is 23.3 Å². The number of sulfonamides is 1. The summed E-state index contributed by atoms with van der Waals surface area (Å²) >= 11 is 0. The lowest BCUT2D eigenvalue weighted by Gasteiger charge is -2.58. The quantitative estimate of drug-likeness (QED) is 0.0492. The zero-order valence-electron chi connectivity index (χ0n) is 48.4. The van der Waals surface area contributed by atoms with E-state index in [4.69, 9.17) is 28.7 Å². The lowest BCUT2D eigenvalue weighted by atomic mass is 9.59. The third kappa shape index (κ3) is 11.7. The zero-order valence-corrected chi connectivity index (χ0v) is 49.2. The summed E-state index contributed by atoms with van der Waals surface area (Å²) in [6.45, 7) is 12.0. The Morgan fingerprint density at radius 1 is 0.940 bits per heavy atom. The van der Waals surface area contributed by atoms with Crippen LogP contribution in [0.5, 0.6) is 23.3 Å². The molecule has 4 N–H and O–H groups in total. The summed E-state index contributed by atoms with van der Waals surface area (Å²) in [5.41, 5.74) is 4.15. The van der Waals surface area contributed by atoms with Crippen LogP contribution >= 0.6 is 0 Å². The average Bonchev–Trinajstić information content (AvgIpc) is 2.00. The summed E-state index contributed by atoms with van der Waals surface area (Å²) < 4.78 is 60.9. The van der Waals surface area contributed by atoms with Gasteiger partial charge in [0.05, 0.1) is 65.7 Å². The van der Waals surface area contributed by atoms with Crippen LogP contribution in [-0.4, -0.2) is 146 Å². The Labute approximate surface area is 490 Å². The van der Waals surface area contributed by atoms with E-state index in [2.05, 4.69) is 71.7 Å². The SMILES string of the molecule is COc1cc(CN2CCN(C3CC4(CCN(c5ccc(C(=O)NS(=O)(=O)c6ccc(NC[C@H]7CC[C@](C)(O)CC7)c([N+](=O)[O-])c6)c(N6c7cc8cc[nH]c8nc7O[C@H]7COCC[C@@H]76)c5)CC4)C3)[C@@H](c3ccccc3OC(C)C)C2)cnc1OC. The number of benzene rings is 3. The maximum atomic E-state index is 14.9. The third-order valence-corrected chi connectivity index (χ3v) is 19.7. The molecular weight excluding hydrogens is 1090 g/mol. The molecule has 3 saturated heterocycles. The predicted octanol–water partition coefficient (Wildman–Crippen LogP) is 9.14. The topological polar surface area (TPSA) is 239 Å². The first kappa shape index (κ1) is 57.2. The molecule has 21 nitrogen and oxygen atoms in total. The predicted molar refractivity (Wildman–Crippen MR) is 318 cm³/mol. The molecular formula is C62H76N10O11S. The van der Waals surface area contributed by atoms with Gasteiger partial charge in [0, 0.05) is 93.6 Å². The summed E-state index contributed by atoms with van der Waals surface area (Å²) in [6, 6.07) is 23.8. The molecule has 7 heterocycles. The number of anilines is 4. The highest BCUT2D eigenvalue weighted by molar-refractivity contribution is 7.90. The second kappa shape index (κ2) is 23.3. The van der Waals surface area contributed by atoms with Gasteiger partial charge in [-0.05, 0) is 150 Å². The second-order valence-corrected chi connectivity index (χ2v) is 26.1. The number of amides is 1. The lowest BCUT2D eigenvalue weighted by Crippen LogP contribution is -2.59. The first-order valence-corrected chi connectivity index (χ1v) is 31.0. The molecule has 0 unspecified atom stereocenters. The largest absolute Gasteiger partial charge is 0.491 e. The molecule has 0 radical (unpaired) electrons. The van der Waals surface area contributed by atoms with Gasteiger partial charge in [0.15, 0.2) is 5.75 Å². The van der Waals surface area contributed by atoms with Crippen LogP contribution in [0.25, 0.3) is 11.0 Å². The third-order valence-electron chi connectivity index (χ3n) is 18.4. The van der Waals surface area contributed by atoms with E-state index in [1.54, 1.807) is 26.5 Å². The van der Waals surface area contributed by atoms with Crippen molar-refractivity contribution in [1.29, 1.82) is 0 Å². The van der Waals surface area contributed by atoms with E-state index < -0.39 is 43.1 Å². The number of carbonyl (C=O) groups excluding carboxylic acids is 1. The van der Waals surface area contributed by atoms with E-state index in [0.29, 0.717) is 73.0 Å². The number of hydrogen-bond donors (Lipinski definition) is 4. The van der Waals surface area contributed by atoms with Crippen molar-refractivity contribution in [3.63, 3.8) is 0 Å². The molecule has 22 heteroatoms. The molecule has 84 heavy (non-hydrogen) atoms. The zero-order chi connectivity index (χ0) is 58.5. The number of piperidine rings is 1. The Kier molecular flexibility index (Phi) is 15.9. The van der Waals surface area contributed by atoms with Gasteiger partial charge in [-0.3, -0.25) is 24.7 Å². The molecule has 5 fully saturated rings. The molecule has 446 valence electrons. The first-order chi connectivity index (χ1) is 40.5. The van der Waals surface area contributed by atoms with Crippen molar-refractivity contribution in [2.24, 2.45) is 11.3 Å². The maximum Gasteiger partial charge on any atom is 0.293 e. The van der Waals surface area contributed by atoms with Gasteiger partial charge in [-0.15, -0.1) is 0 Å². The van der Waals surface area contributed by atoms with Gasteiger partial charge in [0.2, 0.25) is 5.88 Å². The van der Waals surface area contributed by atoms with Crippen molar-refractivity contribution in [3.05, 3.63) is 118 Å². The van der Waals surface area contributed by atoms with E-state index in [0.717, 1.165) is 106 Å². The van der Waals surface area contributed by atoms with Gasteiger partial charge >= 0.3 is 0 Å². The van der Waals surface area contributed by atoms with Crippen molar-refractivity contribution < 1.29 is 46.9 Å². The fourth-order valence-electron chi connectivity index (χ4n) is 13.8. The number of pyridine rings is 2. The number of carbonyl (C=O) groups is 1. The van der Waals surface area contributed by atoms with Crippen molar-refractivity contribution in [2.45, 2.75) is 126 Å². The maximum absolute atomic E-state index is 14.9. The molecule has 1 spiro atoms. The minimum absolute atomic E-state index is 0.0228. The van der Waals surface area contributed by atoms with E-state index in [-0.39, 0.29) is 47.4 Å². The Morgan fingerprint density at radius 2 is 1.74 bits per heavy atom. The van der Waals surface area contributed by atoms with Crippen LogP contribution in [0.3, 0.4) is 0 Å². The highest BCUT2D eigenvalue weighted by Crippen LogP contribution is 2.54. The van der Waals surface area contributed by atoms with Crippen molar-refractivity contribution in [1.82, 2.24) is 29.5 Å². The summed E-state index contributed by atoms with van der Waals surface area (Å²) in [6.07, 6.45) is 10.7. The van der Waals surface area contributed by atoms with Gasteiger partial charge in [-0.1, -0.05) is 18.2 Å². The second-order valence-electron chi connectivity index (χ2n) is 24.4. The number of nitrogens with zero attached hydrogens (tertiary/aromatic N) is 7. The fraction of sp³-hybridized carbons (Fsp3) is 0.500. The van der Waals surface area contributed by atoms with Crippen LogP contribution in [0.1, 0.15) is 106 Å². The van der Waals surface area contributed by atoms with E-state index in [1.165, 1.54) is 17.7 Å². The van der Waals surface area contributed by atoms with Gasteiger partial charge in [0.1, 0.15) is 28.9 Å². The van der Waals surface area contributed by atoms with E-state index in [1.807, 2.05) is 49.5 Å². The number of hydrogen-bond acceptors (Lipinski definition) is 18. The number of rotatable bonds is 17. The molecule has 3 aromatic carbocycles. The Bertz CT molecular complexity index is 3520. The molecule has 6 aromatic rings. The molecule has 3 aromatic heterocycles. The summed E-state index contributed by atoms with van der Waals surface area (Å²) in [4.78, 5) is 48.5. The van der Waals surface area contributed by atoms with Gasteiger partial charge in [-0.25, -0.2) is 18.1 Å². The normalized spacial score (nSPS) is 23.8. The number of nitrogens with one attached hydrogen (secondary N) is 3. The number of nitro benzene ring substituents is 1. The van der Waals surface area contributed by atoms with E-state index >= 15 is 0 Å². The number of piperazine rings is 1. The number of aromatic nitrogens is 3. The number of fused-ring (bicyclic) bond motifs is 3. The standard InChI is InChI=1S/C62H76N10O11S/c1-39(2)82-54-9-7-6-8-46(54)53-37-68(36-41-28-55(79-4)60(80-5)65-35-41)25-26-70(53)44-32-62(33-44)20-23-69(24-21-62)43-10-12-47(50(30-43)71-49-17-27-81-38-56(49)83-59-52(71)29-42-16-22-63-57(42)66-59)58(73)67-84(77,78)45-11-13-48(51(31-45)72(75)76)64-34-40-14-18-61(3,74)19-15-40/h6-13,16,22,28-31,35,39-40,44,49,53,56,64,74H,14-15,17-21,23-27,32-34,36-38H2,1-5H3,(H,63,66)(H,67,73)/t40-,49-,53+,56-,61-/m0/s1. The van der Waals surface area contributed by atoms with Crippen molar-refractivity contribution in [2.75, 3.05) is 81.8 Å². The fourth-order valence-corrected chi connectivity index (χ4v) is 14.8. The Hall–Kier alpha value is -7.24. The Morgan fingerprint density at radius 3 is 2.50 bits per heavy atom. The molecule has 0 bridgehead atoms. The number of ether oxygens (including phenoxy) is 5. The number of nitro groups is 1. The summed E-state index contributed by atoms with van der Waals surface area (Å²) in [5, 5.41) is 26.9. The minimum Gasteiger partial charge on any atom is -0.491 e. The number of methoxy groups -OCH3 is 2. The van der Waals surface area contributed by atoms with Crippen LogP contribution in [0.4, 0.5) is 28.4 Å². The number of para-hydroxylation sites is 1. The molecule has 1 amide bonds. The van der Waals surface area contributed by atoms with Crippen molar-refractivity contribution >= 4 is 55.4 Å². The van der Waals surface area contributed by atoms with Gasteiger partial charge in [0.25, 0.3) is 27.5 Å². The molecule has 12 rings (SSSR count).